The van der Waals surface area contributed by atoms with Crippen molar-refractivity contribution in [1.82, 2.24) is 9.80 Å². The van der Waals surface area contributed by atoms with Crippen molar-refractivity contribution in [2.75, 3.05) is 19.6 Å². The van der Waals surface area contributed by atoms with Crippen molar-refractivity contribution in [3.63, 3.8) is 0 Å². The first-order valence-electron chi connectivity index (χ1n) is 6.49. The predicted octanol–water partition coefficient (Wildman–Crippen LogP) is 1.12. The molecule has 1 saturated carbocycles. The molecule has 0 heterocycles. The third-order valence-electron chi connectivity index (χ3n) is 3.24. The van der Waals surface area contributed by atoms with Crippen molar-refractivity contribution in [2.45, 2.75) is 31.8 Å². The minimum absolute atomic E-state index is 0.0835. The van der Waals surface area contributed by atoms with Gasteiger partial charge in [0.05, 0.1) is 6.54 Å². The maximum atomic E-state index is 12.2. The second-order valence-electron chi connectivity index (χ2n) is 4.79. The third kappa shape index (κ3) is 4.52. The Bertz CT molecular complexity index is 354. The molecule has 0 aromatic rings. The number of carbonyl (C=O) groups excluding carboxylic acids is 1. The molecule has 5 heteroatoms. The Labute approximate surface area is 114 Å². The van der Waals surface area contributed by atoms with Crippen molar-refractivity contribution in [2.24, 2.45) is 0 Å². The topological polar surface area (TPSA) is 60.9 Å². The fourth-order valence-electron chi connectivity index (χ4n) is 1.98. The standard InChI is InChI=1S/C14H22N2O3/c1-4-8-15(9-5-2)13(17)10-16(12-6-7-12)11(3)14(18)19/h4-5,11-12H,1-2,6-10H2,3H3,(H,18,19). The van der Waals surface area contributed by atoms with E-state index in [1.54, 1.807) is 28.9 Å². The monoisotopic (exact) mass is 266 g/mol. The zero-order valence-corrected chi connectivity index (χ0v) is 11.4. The smallest absolute Gasteiger partial charge is 0.320 e. The minimum atomic E-state index is -0.890. The summed E-state index contributed by atoms with van der Waals surface area (Å²) in [5.74, 6) is -0.974. The van der Waals surface area contributed by atoms with E-state index in [1.807, 2.05) is 0 Å². The van der Waals surface area contributed by atoms with Gasteiger partial charge in [0, 0.05) is 19.1 Å². The lowest BCUT2D eigenvalue weighted by Crippen LogP contribution is -2.47. The molecule has 0 bridgehead atoms. The second-order valence-corrected chi connectivity index (χ2v) is 4.79. The number of hydrogen-bond donors (Lipinski definition) is 1. The molecule has 1 amide bonds. The number of amides is 1. The fraction of sp³-hybridized carbons (Fsp3) is 0.571. The van der Waals surface area contributed by atoms with Crippen LogP contribution >= 0.6 is 0 Å². The molecule has 0 spiro atoms. The molecule has 0 radical (unpaired) electrons. The fourth-order valence-corrected chi connectivity index (χ4v) is 1.98. The second kappa shape index (κ2) is 7.09. The molecule has 0 aliphatic heterocycles. The first-order chi connectivity index (χ1) is 9.01. The Morgan fingerprint density at radius 2 is 1.84 bits per heavy atom. The van der Waals surface area contributed by atoms with E-state index < -0.39 is 12.0 Å². The van der Waals surface area contributed by atoms with Gasteiger partial charge in [-0.3, -0.25) is 14.5 Å². The Kier molecular flexibility index (Phi) is 5.76. The van der Waals surface area contributed by atoms with E-state index >= 15 is 0 Å². The summed E-state index contributed by atoms with van der Waals surface area (Å²) in [6, 6.07) is -0.407. The van der Waals surface area contributed by atoms with Crippen LogP contribution < -0.4 is 0 Å². The van der Waals surface area contributed by atoms with Crippen LogP contribution in [0.2, 0.25) is 0 Å². The quantitative estimate of drug-likeness (QED) is 0.635. The maximum absolute atomic E-state index is 12.2. The lowest BCUT2D eigenvalue weighted by molar-refractivity contribution is -0.144. The summed E-state index contributed by atoms with van der Waals surface area (Å²) < 4.78 is 0. The Balaban J connectivity index is 2.66. The third-order valence-corrected chi connectivity index (χ3v) is 3.24. The first kappa shape index (κ1) is 15.4. The molecule has 1 aliphatic rings. The highest BCUT2D eigenvalue weighted by Crippen LogP contribution is 2.28. The van der Waals surface area contributed by atoms with E-state index in [1.165, 1.54) is 0 Å². The van der Waals surface area contributed by atoms with E-state index in [0.717, 1.165) is 12.8 Å². The molecule has 1 fully saturated rings. The van der Waals surface area contributed by atoms with Gasteiger partial charge in [-0.05, 0) is 19.8 Å². The van der Waals surface area contributed by atoms with Gasteiger partial charge >= 0.3 is 5.97 Å². The first-order valence-corrected chi connectivity index (χ1v) is 6.49. The Morgan fingerprint density at radius 1 is 1.32 bits per heavy atom. The van der Waals surface area contributed by atoms with E-state index in [9.17, 15) is 9.59 Å². The molecule has 1 N–H and O–H groups in total. The van der Waals surface area contributed by atoms with Crippen LogP contribution in [-0.4, -0.2) is 58.5 Å². The van der Waals surface area contributed by atoms with Crippen molar-refractivity contribution >= 4 is 11.9 Å². The molecule has 5 nitrogen and oxygen atoms in total. The molecule has 0 aromatic carbocycles. The van der Waals surface area contributed by atoms with Gasteiger partial charge in [-0.2, -0.15) is 0 Å². The van der Waals surface area contributed by atoms with Gasteiger partial charge in [0.1, 0.15) is 6.04 Å². The number of carboxylic acids is 1. The highest BCUT2D eigenvalue weighted by atomic mass is 16.4. The minimum Gasteiger partial charge on any atom is -0.480 e. The highest BCUT2D eigenvalue weighted by molar-refractivity contribution is 5.80. The summed E-state index contributed by atoms with van der Waals surface area (Å²) in [6.45, 7) is 9.90. The van der Waals surface area contributed by atoms with E-state index in [4.69, 9.17) is 5.11 Å². The summed E-state index contributed by atoms with van der Waals surface area (Å²) >= 11 is 0. The highest BCUT2D eigenvalue weighted by Gasteiger charge is 2.36. The lowest BCUT2D eigenvalue weighted by atomic mass is 10.2. The van der Waals surface area contributed by atoms with Crippen LogP contribution in [0, 0.1) is 0 Å². The lowest BCUT2D eigenvalue weighted by Gasteiger charge is -2.28. The molecule has 1 rings (SSSR count). The summed E-state index contributed by atoms with van der Waals surface area (Å²) in [5.41, 5.74) is 0. The number of hydrogen-bond acceptors (Lipinski definition) is 3. The van der Waals surface area contributed by atoms with E-state index in [0.29, 0.717) is 13.1 Å². The molecule has 1 aliphatic carbocycles. The van der Waals surface area contributed by atoms with Gasteiger partial charge in [0.2, 0.25) is 5.91 Å². The number of aliphatic carboxylic acids is 1. The summed E-state index contributed by atoms with van der Waals surface area (Å²) in [4.78, 5) is 26.6. The van der Waals surface area contributed by atoms with Gasteiger partial charge in [-0.1, -0.05) is 12.2 Å². The molecule has 19 heavy (non-hydrogen) atoms. The zero-order chi connectivity index (χ0) is 14.4. The van der Waals surface area contributed by atoms with Gasteiger partial charge in [-0.15, -0.1) is 13.2 Å². The van der Waals surface area contributed by atoms with Crippen LogP contribution in [0.25, 0.3) is 0 Å². The summed E-state index contributed by atoms with van der Waals surface area (Å²) in [7, 11) is 0. The molecule has 0 saturated heterocycles. The van der Waals surface area contributed by atoms with Gasteiger partial charge < -0.3 is 10.0 Å². The van der Waals surface area contributed by atoms with Gasteiger partial charge in [0.15, 0.2) is 0 Å². The Morgan fingerprint density at radius 3 is 2.21 bits per heavy atom. The average molecular weight is 266 g/mol. The maximum Gasteiger partial charge on any atom is 0.320 e. The summed E-state index contributed by atoms with van der Waals surface area (Å²) in [6.07, 6.45) is 5.24. The van der Waals surface area contributed by atoms with Crippen LogP contribution in [0.3, 0.4) is 0 Å². The van der Waals surface area contributed by atoms with Crippen LogP contribution in [0.15, 0.2) is 25.3 Å². The van der Waals surface area contributed by atoms with E-state index in [-0.39, 0.29) is 18.5 Å². The summed E-state index contributed by atoms with van der Waals surface area (Å²) in [5, 5.41) is 9.09. The SMILES string of the molecule is C=CCN(CC=C)C(=O)CN(C1CC1)C(C)C(=O)O. The van der Waals surface area contributed by atoms with E-state index in [2.05, 4.69) is 13.2 Å². The normalized spacial score (nSPS) is 15.9. The zero-order valence-electron chi connectivity index (χ0n) is 11.4. The van der Waals surface area contributed by atoms with Crippen LogP contribution in [0.1, 0.15) is 19.8 Å². The van der Waals surface area contributed by atoms with Crippen LogP contribution in [0.4, 0.5) is 0 Å². The van der Waals surface area contributed by atoms with Crippen molar-refractivity contribution in [3.05, 3.63) is 25.3 Å². The largest absolute Gasteiger partial charge is 0.480 e. The molecular formula is C14H22N2O3. The van der Waals surface area contributed by atoms with Crippen molar-refractivity contribution < 1.29 is 14.7 Å². The molecular weight excluding hydrogens is 244 g/mol. The molecule has 106 valence electrons. The predicted molar refractivity (Wildman–Crippen MR) is 73.8 cm³/mol. The van der Waals surface area contributed by atoms with Gasteiger partial charge in [-0.25, -0.2) is 0 Å². The number of carboxylic acid groups (broad SMARTS) is 1. The Hall–Kier alpha value is -1.62. The number of nitrogens with zero attached hydrogens (tertiary/aromatic N) is 2. The van der Waals surface area contributed by atoms with Crippen LogP contribution in [-0.2, 0) is 9.59 Å². The van der Waals surface area contributed by atoms with Crippen molar-refractivity contribution in [1.29, 1.82) is 0 Å². The number of carbonyl (C=O) groups is 2. The van der Waals surface area contributed by atoms with Crippen molar-refractivity contribution in [3.8, 4) is 0 Å². The molecule has 1 atom stereocenters. The molecule has 1 unspecified atom stereocenters. The average Bonchev–Trinajstić information content (AvgIpc) is 3.18. The van der Waals surface area contributed by atoms with Gasteiger partial charge in [0.25, 0.3) is 0 Å². The number of rotatable bonds is 9. The van der Waals surface area contributed by atoms with Crippen LogP contribution in [0.5, 0.6) is 0 Å². The molecule has 0 aromatic heterocycles.